The van der Waals surface area contributed by atoms with Crippen molar-refractivity contribution in [3.63, 3.8) is 0 Å². The zero-order valence-electron chi connectivity index (χ0n) is 31.1. The van der Waals surface area contributed by atoms with E-state index in [2.05, 4.69) is 37.9 Å². The van der Waals surface area contributed by atoms with Gasteiger partial charge in [-0.1, -0.05) is 97.1 Å². The Bertz CT molecular complexity index is 1890. The average molecular weight is 748 g/mol. The molecule has 0 radical (unpaired) electrons. The molecule has 1 spiro atoms. The fourth-order valence-electron chi connectivity index (χ4n) is 7.83. The summed E-state index contributed by atoms with van der Waals surface area (Å²) in [6.45, 7) is 2.95. The number of methoxy groups -OCH3 is 1. The highest BCUT2D eigenvalue weighted by Gasteiger charge is 2.50. The van der Waals surface area contributed by atoms with Crippen LogP contribution in [0.15, 0.2) is 109 Å². The Labute approximate surface area is 321 Å². The zero-order valence-corrected chi connectivity index (χ0v) is 31.1. The van der Waals surface area contributed by atoms with E-state index in [1.54, 1.807) is 0 Å². The van der Waals surface area contributed by atoms with Gasteiger partial charge in [-0.25, -0.2) is 9.59 Å². The Morgan fingerprint density at radius 3 is 2.20 bits per heavy atom. The fraction of sp³-hybridized carbons (Fsp3) is 0.372. The van der Waals surface area contributed by atoms with Gasteiger partial charge in [-0.2, -0.15) is 0 Å². The van der Waals surface area contributed by atoms with Gasteiger partial charge in [-0.15, -0.1) is 0 Å². The molecule has 0 saturated carbocycles. The minimum absolute atomic E-state index is 0.0290. The highest BCUT2D eigenvalue weighted by Crippen LogP contribution is 2.40. The molecule has 3 aliphatic rings. The quantitative estimate of drug-likeness (QED) is 0.151. The van der Waals surface area contributed by atoms with Gasteiger partial charge < -0.3 is 45.1 Å². The smallest absolute Gasteiger partial charge is 0.328 e. The molecule has 12 nitrogen and oxygen atoms in total. The molecule has 12 heteroatoms. The summed E-state index contributed by atoms with van der Waals surface area (Å²) in [5.74, 6) is -0.422. The second kappa shape index (κ2) is 17.5. The summed E-state index contributed by atoms with van der Waals surface area (Å²) in [5, 5.41) is 18.3. The number of urea groups is 1. The van der Waals surface area contributed by atoms with Crippen molar-refractivity contribution >= 4 is 23.6 Å². The number of carbonyl (C=O) groups is 3. The largest absolute Gasteiger partial charge is 0.467 e. The Morgan fingerprint density at radius 2 is 1.53 bits per heavy atom. The van der Waals surface area contributed by atoms with E-state index in [-0.39, 0.29) is 31.3 Å². The molecule has 0 aliphatic carbocycles. The van der Waals surface area contributed by atoms with Crippen molar-refractivity contribution < 1.29 is 33.7 Å². The molecule has 3 amide bonds. The van der Waals surface area contributed by atoms with Crippen LogP contribution in [0, 0.1) is 0 Å². The molecule has 0 aromatic heterocycles. The molecule has 3 saturated heterocycles. The Balaban J connectivity index is 0.989. The van der Waals surface area contributed by atoms with Crippen LogP contribution >= 0.6 is 0 Å². The first-order valence-electron chi connectivity index (χ1n) is 18.9. The predicted octanol–water partition coefficient (Wildman–Crippen LogP) is 4.74. The molecule has 288 valence electrons. The first-order chi connectivity index (χ1) is 26.8. The number of ether oxygens (including phenoxy) is 3. The summed E-state index contributed by atoms with van der Waals surface area (Å²) in [4.78, 5) is 43.1. The molecule has 55 heavy (non-hydrogen) atoms. The van der Waals surface area contributed by atoms with Crippen LogP contribution in [0.2, 0.25) is 0 Å². The zero-order chi connectivity index (χ0) is 38.2. The van der Waals surface area contributed by atoms with Crippen LogP contribution in [0.3, 0.4) is 0 Å². The van der Waals surface area contributed by atoms with Crippen molar-refractivity contribution in [1.82, 2.24) is 20.9 Å². The van der Waals surface area contributed by atoms with E-state index in [9.17, 15) is 19.5 Å². The summed E-state index contributed by atoms with van der Waals surface area (Å²) >= 11 is 0. The number of hydrogen-bond donors (Lipinski definition) is 4. The third-order valence-corrected chi connectivity index (χ3v) is 10.9. The average Bonchev–Trinajstić information content (AvgIpc) is 3.55. The minimum Gasteiger partial charge on any atom is -0.467 e. The molecule has 3 fully saturated rings. The number of benzene rings is 4. The number of carbonyl (C=O) groups excluding carboxylic acids is 3. The predicted molar refractivity (Wildman–Crippen MR) is 207 cm³/mol. The van der Waals surface area contributed by atoms with Crippen LogP contribution in [0.25, 0.3) is 0 Å². The maximum Gasteiger partial charge on any atom is 0.328 e. The normalized spacial score (nSPS) is 21.5. The molecule has 3 heterocycles. The van der Waals surface area contributed by atoms with Gasteiger partial charge in [-0.05, 0) is 47.2 Å². The number of piperidine rings is 1. The molecule has 3 aliphatic heterocycles. The number of nitrogens with zero attached hydrogens (tertiary/aromatic N) is 2. The summed E-state index contributed by atoms with van der Waals surface area (Å²) < 4.78 is 18.2. The second-order valence-corrected chi connectivity index (χ2v) is 14.4. The van der Waals surface area contributed by atoms with Crippen LogP contribution in [0.1, 0.15) is 59.5 Å². The monoisotopic (exact) mass is 747 g/mol. The van der Waals surface area contributed by atoms with Gasteiger partial charge in [0.25, 0.3) is 0 Å². The topological polar surface area (TPSA) is 142 Å². The number of rotatable bonds is 12. The standard InChI is InChI=1S/C43H49N5O7/c1-53-39(50)37(24-30-8-4-2-5-9-30)46-42(52)44-26-31-12-18-34(19-13-31)40-54-36(25-38(55-40)33-16-14-32(28-49)15-17-33)27-47-22-20-43(21-23-47)41(51)45-29-48(43)35-10-6-3-7-11-35/h2-19,36-38,40,49H,20-29H2,1H3,(H,45,51)(H2,44,46,52)/t36-,37+,38+,40+/m1/s1. The highest BCUT2D eigenvalue weighted by atomic mass is 16.7. The maximum atomic E-state index is 13.2. The van der Waals surface area contributed by atoms with E-state index in [1.165, 1.54) is 7.11 Å². The number of para-hydroxylation sites is 1. The first kappa shape index (κ1) is 38.0. The number of aliphatic hydroxyl groups excluding tert-OH is 1. The van der Waals surface area contributed by atoms with Crippen molar-refractivity contribution in [3.8, 4) is 0 Å². The van der Waals surface area contributed by atoms with Gasteiger partial charge in [0.1, 0.15) is 11.6 Å². The number of esters is 1. The number of aliphatic hydroxyl groups is 1. The lowest BCUT2D eigenvalue weighted by atomic mass is 9.85. The Kier molecular flexibility index (Phi) is 12.1. The SMILES string of the molecule is COC(=O)[C@H](Cc1ccccc1)NC(=O)NCc1ccc([C@H]2O[C@@H](CN3CCC4(CC3)C(=O)NCN4c3ccccc3)C[C@@H](c3ccc(CO)cc3)O2)cc1. The van der Waals surface area contributed by atoms with Gasteiger partial charge in [0.15, 0.2) is 6.29 Å². The van der Waals surface area contributed by atoms with Crippen molar-refractivity contribution in [1.29, 1.82) is 0 Å². The first-order valence-corrected chi connectivity index (χ1v) is 18.9. The molecule has 0 bridgehead atoms. The van der Waals surface area contributed by atoms with E-state index in [0.29, 0.717) is 26.1 Å². The lowest BCUT2D eigenvalue weighted by Gasteiger charge is -2.45. The molecule has 4 atom stereocenters. The van der Waals surface area contributed by atoms with E-state index >= 15 is 0 Å². The van der Waals surface area contributed by atoms with Crippen LogP contribution in [-0.4, -0.2) is 79.0 Å². The molecular weight excluding hydrogens is 699 g/mol. The van der Waals surface area contributed by atoms with E-state index in [1.807, 2.05) is 97.1 Å². The molecular formula is C43H49N5O7. The second-order valence-electron chi connectivity index (χ2n) is 14.4. The Hall–Kier alpha value is -5.27. The minimum atomic E-state index is -0.826. The van der Waals surface area contributed by atoms with Gasteiger partial charge in [-0.3, -0.25) is 4.79 Å². The number of hydrogen-bond acceptors (Lipinski definition) is 9. The molecule has 4 aromatic rings. The lowest BCUT2D eigenvalue weighted by Crippen LogP contribution is -2.57. The lowest BCUT2D eigenvalue weighted by molar-refractivity contribution is -0.253. The molecule has 4 N–H and O–H groups in total. The number of likely N-dealkylation sites (tertiary alicyclic amines) is 1. The van der Waals surface area contributed by atoms with Crippen molar-refractivity contribution in [3.05, 3.63) is 137 Å². The molecule has 7 rings (SSSR count). The third-order valence-electron chi connectivity index (χ3n) is 10.9. The van der Waals surface area contributed by atoms with Crippen LogP contribution in [-0.2, 0) is 43.4 Å². The fourth-order valence-corrected chi connectivity index (χ4v) is 7.83. The molecule has 0 unspecified atom stereocenters. The van der Waals surface area contributed by atoms with Gasteiger partial charge >= 0.3 is 12.0 Å². The van der Waals surface area contributed by atoms with Crippen molar-refractivity contribution in [2.75, 3.05) is 38.3 Å². The molecule has 4 aromatic carbocycles. The number of nitrogens with one attached hydrogen (secondary N) is 3. The van der Waals surface area contributed by atoms with Crippen molar-refractivity contribution in [2.24, 2.45) is 0 Å². The summed E-state index contributed by atoms with van der Waals surface area (Å²) in [6.07, 6.45) is 1.41. The van der Waals surface area contributed by atoms with Gasteiger partial charge in [0, 0.05) is 50.3 Å². The third kappa shape index (κ3) is 9.00. The highest BCUT2D eigenvalue weighted by molar-refractivity contribution is 5.93. The van der Waals surface area contributed by atoms with Gasteiger partial charge in [0.05, 0.1) is 32.6 Å². The van der Waals surface area contributed by atoms with Gasteiger partial charge in [0.2, 0.25) is 5.91 Å². The summed E-state index contributed by atoms with van der Waals surface area (Å²) in [6, 6.07) is 33.9. The number of amides is 3. The van der Waals surface area contributed by atoms with Crippen molar-refractivity contribution in [2.45, 2.75) is 68.9 Å². The van der Waals surface area contributed by atoms with Crippen LogP contribution in [0.4, 0.5) is 10.5 Å². The number of anilines is 1. The van der Waals surface area contributed by atoms with E-state index in [0.717, 1.165) is 59.4 Å². The summed E-state index contributed by atoms with van der Waals surface area (Å²) in [7, 11) is 1.30. The van der Waals surface area contributed by atoms with Crippen LogP contribution < -0.4 is 20.9 Å². The van der Waals surface area contributed by atoms with Crippen LogP contribution in [0.5, 0.6) is 0 Å². The van der Waals surface area contributed by atoms with E-state index < -0.39 is 29.9 Å². The Morgan fingerprint density at radius 1 is 0.873 bits per heavy atom. The van der Waals surface area contributed by atoms with E-state index in [4.69, 9.17) is 14.2 Å². The maximum absolute atomic E-state index is 13.2. The summed E-state index contributed by atoms with van der Waals surface area (Å²) in [5.41, 5.74) is 4.96.